The molecule has 1 aromatic heterocycles. The molecule has 1 heterocycles. The van der Waals surface area contributed by atoms with Crippen LogP contribution in [-0.2, 0) is 11.2 Å². The topological polar surface area (TPSA) is 129 Å². The predicted molar refractivity (Wildman–Crippen MR) is 140 cm³/mol. The second-order valence-electron chi connectivity index (χ2n) is 7.59. The zero-order valence-corrected chi connectivity index (χ0v) is 20.6. The van der Waals surface area contributed by atoms with E-state index >= 15 is 0 Å². The first-order chi connectivity index (χ1) is 17.4. The summed E-state index contributed by atoms with van der Waals surface area (Å²) in [6.07, 6.45) is 1.79. The van der Waals surface area contributed by atoms with E-state index in [-0.39, 0.29) is 17.0 Å². The van der Waals surface area contributed by atoms with Crippen LogP contribution in [0.1, 0.15) is 18.3 Å². The molecular formula is C25H20BrN5O5. The molecule has 1 N–H and O–H groups in total. The van der Waals surface area contributed by atoms with Crippen LogP contribution in [0.25, 0.3) is 10.9 Å². The number of carbonyl (C=O) groups excluding carboxylic acids is 1. The molecule has 182 valence electrons. The number of halogens is 1. The molecule has 4 rings (SSSR count). The molecule has 0 atom stereocenters. The van der Waals surface area contributed by atoms with Gasteiger partial charge in [-0.15, -0.1) is 0 Å². The third-order valence-corrected chi connectivity index (χ3v) is 5.60. The van der Waals surface area contributed by atoms with Gasteiger partial charge in [0.2, 0.25) is 0 Å². The molecule has 10 nitrogen and oxygen atoms in total. The number of hydrogen-bond acceptors (Lipinski definition) is 7. The maximum absolute atomic E-state index is 13.0. The molecule has 1 amide bonds. The SMILES string of the molecule is CCc1nc2ccc(Br)cc2c(=O)n1N=Cc1ccc(OCC(=O)Nc2ccccc2)c([N+](=O)[O-])c1. The quantitative estimate of drug-likeness (QED) is 0.195. The number of fused-ring (bicyclic) bond motifs is 1. The fourth-order valence-corrected chi connectivity index (χ4v) is 3.77. The number of carbonyl (C=O) groups is 1. The van der Waals surface area contributed by atoms with E-state index in [2.05, 4.69) is 31.3 Å². The molecule has 0 bridgehead atoms. The maximum atomic E-state index is 13.0. The van der Waals surface area contributed by atoms with Crippen LogP contribution in [-0.4, -0.2) is 33.3 Å². The maximum Gasteiger partial charge on any atom is 0.311 e. The van der Waals surface area contributed by atoms with Gasteiger partial charge in [0, 0.05) is 28.2 Å². The van der Waals surface area contributed by atoms with Gasteiger partial charge in [0.05, 0.1) is 22.0 Å². The van der Waals surface area contributed by atoms with Gasteiger partial charge in [0.1, 0.15) is 5.82 Å². The van der Waals surface area contributed by atoms with Gasteiger partial charge in [-0.3, -0.25) is 19.7 Å². The van der Waals surface area contributed by atoms with Crippen LogP contribution < -0.4 is 15.6 Å². The van der Waals surface area contributed by atoms with Crippen molar-refractivity contribution in [1.29, 1.82) is 0 Å². The molecule has 0 aliphatic heterocycles. The Bertz CT molecular complexity index is 1540. The Morgan fingerprint density at radius 2 is 1.97 bits per heavy atom. The largest absolute Gasteiger partial charge is 0.477 e. The summed E-state index contributed by atoms with van der Waals surface area (Å²) in [7, 11) is 0. The highest BCUT2D eigenvalue weighted by Gasteiger charge is 2.17. The van der Waals surface area contributed by atoms with Crippen molar-refractivity contribution in [3.8, 4) is 5.75 Å². The number of amides is 1. The highest BCUT2D eigenvalue weighted by molar-refractivity contribution is 9.10. The van der Waals surface area contributed by atoms with Crippen molar-refractivity contribution in [2.75, 3.05) is 11.9 Å². The van der Waals surface area contributed by atoms with Gasteiger partial charge in [0.15, 0.2) is 12.4 Å². The first-order valence-electron chi connectivity index (χ1n) is 10.9. The molecular weight excluding hydrogens is 530 g/mol. The zero-order valence-electron chi connectivity index (χ0n) is 19.1. The average molecular weight is 550 g/mol. The molecule has 0 spiro atoms. The lowest BCUT2D eigenvalue weighted by atomic mass is 10.2. The van der Waals surface area contributed by atoms with Crippen LogP contribution in [0.4, 0.5) is 11.4 Å². The smallest absolute Gasteiger partial charge is 0.311 e. The summed E-state index contributed by atoms with van der Waals surface area (Å²) in [5.41, 5.74) is 0.818. The van der Waals surface area contributed by atoms with E-state index < -0.39 is 17.4 Å². The van der Waals surface area contributed by atoms with E-state index in [0.717, 1.165) is 4.47 Å². The second-order valence-corrected chi connectivity index (χ2v) is 8.51. The molecule has 0 saturated heterocycles. The van der Waals surface area contributed by atoms with E-state index in [9.17, 15) is 19.7 Å². The van der Waals surface area contributed by atoms with Gasteiger partial charge in [-0.1, -0.05) is 41.1 Å². The highest BCUT2D eigenvalue weighted by atomic mass is 79.9. The lowest BCUT2D eigenvalue weighted by Gasteiger charge is -2.09. The lowest BCUT2D eigenvalue weighted by Crippen LogP contribution is -2.22. The third kappa shape index (κ3) is 5.63. The summed E-state index contributed by atoms with van der Waals surface area (Å²) in [5.74, 6) is -0.0722. The van der Waals surface area contributed by atoms with Crippen molar-refractivity contribution >= 4 is 50.3 Å². The molecule has 3 aromatic carbocycles. The van der Waals surface area contributed by atoms with Gasteiger partial charge >= 0.3 is 5.69 Å². The number of benzene rings is 3. The minimum absolute atomic E-state index is 0.0657. The summed E-state index contributed by atoms with van der Waals surface area (Å²) < 4.78 is 7.31. The van der Waals surface area contributed by atoms with Crippen LogP contribution in [0.2, 0.25) is 0 Å². The number of nitrogens with zero attached hydrogens (tertiary/aromatic N) is 4. The fourth-order valence-electron chi connectivity index (χ4n) is 3.41. The monoisotopic (exact) mass is 549 g/mol. The van der Waals surface area contributed by atoms with Gasteiger partial charge in [0.25, 0.3) is 11.5 Å². The number of nitro benzene ring substituents is 1. The first-order valence-corrected chi connectivity index (χ1v) is 11.7. The number of para-hydroxylation sites is 1. The number of rotatable bonds is 8. The summed E-state index contributed by atoms with van der Waals surface area (Å²) in [5, 5.41) is 18.9. The van der Waals surface area contributed by atoms with Crippen LogP contribution in [0.3, 0.4) is 0 Å². The Hall–Kier alpha value is -4.38. The number of nitrogens with one attached hydrogen (secondary N) is 1. The van der Waals surface area contributed by atoms with Crippen molar-refractivity contribution < 1.29 is 14.5 Å². The van der Waals surface area contributed by atoms with Gasteiger partial charge in [-0.05, 0) is 42.5 Å². The summed E-state index contributed by atoms with van der Waals surface area (Å²) in [6, 6.07) is 18.2. The highest BCUT2D eigenvalue weighted by Crippen LogP contribution is 2.27. The number of anilines is 1. The molecule has 0 saturated carbocycles. The number of hydrogen-bond donors (Lipinski definition) is 1. The molecule has 36 heavy (non-hydrogen) atoms. The van der Waals surface area contributed by atoms with E-state index in [1.165, 1.54) is 23.0 Å². The van der Waals surface area contributed by atoms with Crippen LogP contribution >= 0.6 is 15.9 Å². The van der Waals surface area contributed by atoms with Gasteiger partial charge in [-0.25, -0.2) is 4.98 Å². The Kier molecular flexibility index (Phi) is 7.50. The molecule has 0 aliphatic carbocycles. The molecule has 0 radical (unpaired) electrons. The van der Waals surface area contributed by atoms with Crippen LogP contribution in [0.5, 0.6) is 5.75 Å². The Labute approximate surface area is 213 Å². The molecule has 0 aliphatic rings. The first kappa shape index (κ1) is 24.7. The summed E-state index contributed by atoms with van der Waals surface area (Å²) in [6.45, 7) is 1.44. The summed E-state index contributed by atoms with van der Waals surface area (Å²) >= 11 is 3.35. The number of nitro groups is 1. The van der Waals surface area contributed by atoms with Crippen molar-refractivity contribution in [2.24, 2.45) is 5.10 Å². The van der Waals surface area contributed by atoms with Crippen LogP contribution in [0.15, 0.2) is 81.1 Å². The Morgan fingerprint density at radius 3 is 2.69 bits per heavy atom. The van der Waals surface area contributed by atoms with Crippen molar-refractivity contribution in [3.63, 3.8) is 0 Å². The predicted octanol–water partition coefficient (Wildman–Crippen LogP) is 4.53. The van der Waals surface area contributed by atoms with Gasteiger partial charge in [-0.2, -0.15) is 9.78 Å². The van der Waals surface area contributed by atoms with E-state index in [1.807, 2.05) is 13.0 Å². The molecule has 0 unspecified atom stereocenters. The minimum atomic E-state index is -0.611. The second kappa shape index (κ2) is 10.9. The van der Waals surface area contributed by atoms with E-state index in [4.69, 9.17) is 4.74 Å². The Balaban J connectivity index is 1.57. The molecule has 4 aromatic rings. The Morgan fingerprint density at radius 1 is 1.19 bits per heavy atom. The number of ether oxygens (including phenoxy) is 1. The lowest BCUT2D eigenvalue weighted by molar-refractivity contribution is -0.385. The fraction of sp³-hybridized carbons (Fsp3) is 0.120. The third-order valence-electron chi connectivity index (χ3n) is 5.11. The van der Waals surface area contributed by atoms with E-state index in [1.54, 1.807) is 48.5 Å². The molecule has 0 fully saturated rings. The standard InChI is InChI=1S/C25H20BrN5O5/c1-2-23-29-20-10-9-17(26)13-19(20)25(33)30(23)27-14-16-8-11-22(21(12-16)31(34)35)36-15-24(32)28-18-6-4-3-5-7-18/h3-14H,2,15H2,1H3,(H,28,32). The molecule has 11 heteroatoms. The number of aryl methyl sites for hydroxylation is 1. The number of aromatic nitrogens is 2. The normalized spacial score (nSPS) is 11.1. The zero-order chi connectivity index (χ0) is 25.7. The minimum Gasteiger partial charge on any atom is -0.477 e. The van der Waals surface area contributed by atoms with Crippen molar-refractivity contribution in [2.45, 2.75) is 13.3 Å². The van der Waals surface area contributed by atoms with Gasteiger partial charge < -0.3 is 10.1 Å². The van der Waals surface area contributed by atoms with Crippen molar-refractivity contribution in [1.82, 2.24) is 9.66 Å². The summed E-state index contributed by atoms with van der Waals surface area (Å²) in [4.78, 5) is 40.7. The average Bonchev–Trinajstić information content (AvgIpc) is 2.88. The van der Waals surface area contributed by atoms with Crippen molar-refractivity contribution in [3.05, 3.63) is 103 Å². The van der Waals surface area contributed by atoms with E-state index in [0.29, 0.717) is 34.4 Å². The van der Waals surface area contributed by atoms with Crippen LogP contribution in [0, 0.1) is 10.1 Å².